The average Bonchev–Trinajstić information content (AvgIpc) is 2.50. The van der Waals surface area contributed by atoms with Gasteiger partial charge in [-0.25, -0.2) is 9.59 Å². The third kappa shape index (κ3) is 7.62. The van der Waals surface area contributed by atoms with Crippen LogP contribution in [0.4, 0.5) is 0 Å². The van der Waals surface area contributed by atoms with Crippen molar-refractivity contribution < 1.29 is 19.4 Å². The van der Waals surface area contributed by atoms with Gasteiger partial charge in [0.25, 0.3) is 0 Å². The first kappa shape index (κ1) is 18.7. The molecule has 0 saturated heterocycles. The van der Waals surface area contributed by atoms with Crippen molar-refractivity contribution in [2.75, 3.05) is 6.61 Å². The molecule has 1 N–H and O–H groups in total. The number of esters is 1. The summed E-state index contributed by atoms with van der Waals surface area (Å²) >= 11 is 0. The number of hydrogen-bond acceptors (Lipinski definition) is 3. The lowest BCUT2D eigenvalue weighted by Gasteiger charge is -2.32. The van der Waals surface area contributed by atoms with Gasteiger partial charge >= 0.3 is 11.9 Å². The summed E-state index contributed by atoms with van der Waals surface area (Å²) in [5.74, 6) is 0.812. The highest BCUT2D eigenvalue weighted by Crippen LogP contribution is 2.36. The van der Waals surface area contributed by atoms with E-state index >= 15 is 0 Å². The molecule has 0 bridgehead atoms. The van der Waals surface area contributed by atoms with Crippen LogP contribution in [-0.2, 0) is 14.3 Å². The van der Waals surface area contributed by atoms with Crippen molar-refractivity contribution in [3.05, 3.63) is 12.2 Å². The zero-order valence-electron chi connectivity index (χ0n) is 13.9. The summed E-state index contributed by atoms with van der Waals surface area (Å²) in [5, 5.41) is 8.40. The minimum Gasteiger partial charge on any atom is -0.478 e. The van der Waals surface area contributed by atoms with E-state index in [1.165, 1.54) is 38.5 Å². The van der Waals surface area contributed by atoms with Crippen molar-refractivity contribution in [3.8, 4) is 0 Å². The summed E-state index contributed by atoms with van der Waals surface area (Å²) in [6.07, 6.45) is 11.6. The Bertz CT molecular complexity index is 367. The molecule has 0 aromatic carbocycles. The molecule has 1 rings (SSSR count). The lowest BCUT2D eigenvalue weighted by atomic mass is 9.74. The fourth-order valence-electron chi connectivity index (χ4n) is 3.47. The van der Waals surface area contributed by atoms with Crippen LogP contribution in [0.5, 0.6) is 0 Å². The Labute approximate surface area is 133 Å². The highest BCUT2D eigenvalue weighted by molar-refractivity contribution is 5.90. The van der Waals surface area contributed by atoms with Crippen LogP contribution in [0.2, 0.25) is 0 Å². The van der Waals surface area contributed by atoms with Crippen molar-refractivity contribution in [1.82, 2.24) is 0 Å². The van der Waals surface area contributed by atoms with Gasteiger partial charge < -0.3 is 9.84 Å². The molecular formula is C18H30O4. The second kappa shape index (κ2) is 10.4. The fourth-order valence-corrected chi connectivity index (χ4v) is 3.47. The van der Waals surface area contributed by atoms with Crippen LogP contribution in [0, 0.1) is 17.8 Å². The normalized spacial score (nSPS) is 23.4. The smallest absolute Gasteiger partial charge is 0.331 e. The number of aliphatic carboxylic acids is 1. The van der Waals surface area contributed by atoms with E-state index < -0.39 is 11.9 Å². The van der Waals surface area contributed by atoms with Gasteiger partial charge in [-0.15, -0.1) is 0 Å². The third-order valence-electron chi connectivity index (χ3n) is 4.80. The first-order valence-electron chi connectivity index (χ1n) is 8.60. The van der Waals surface area contributed by atoms with Gasteiger partial charge in [-0.2, -0.15) is 0 Å². The van der Waals surface area contributed by atoms with Crippen molar-refractivity contribution >= 4 is 11.9 Å². The molecule has 4 heteroatoms. The number of carboxylic acid groups (broad SMARTS) is 1. The molecule has 0 heterocycles. The van der Waals surface area contributed by atoms with Crippen LogP contribution in [0.25, 0.3) is 0 Å². The second-order valence-corrected chi connectivity index (χ2v) is 6.53. The Morgan fingerprint density at radius 1 is 1.23 bits per heavy atom. The van der Waals surface area contributed by atoms with E-state index in [0.717, 1.165) is 42.7 Å². The molecule has 1 aliphatic rings. The quantitative estimate of drug-likeness (QED) is 0.394. The average molecular weight is 310 g/mol. The van der Waals surface area contributed by atoms with Crippen LogP contribution in [-0.4, -0.2) is 23.7 Å². The van der Waals surface area contributed by atoms with Crippen LogP contribution < -0.4 is 0 Å². The Hall–Kier alpha value is -1.32. The zero-order chi connectivity index (χ0) is 16.4. The van der Waals surface area contributed by atoms with E-state index in [1.54, 1.807) is 0 Å². The monoisotopic (exact) mass is 310 g/mol. The highest BCUT2D eigenvalue weighted by atomic mass is 16.5. The van der Waals surface area contributed by atoms with E-state index in [4.69, 9.17) is 9.84 Å². The standard InChI is InChI=1S/C18H30O4/c1-3-5-14(2)16-9-7-15(8-10-16)6-4-13-22-18(21)12-11-17(19)20/h11-12,14-16H,3-10,13H2,1-2H3,(H,19,20)/b12-11+. The summed E-state index contributed by atoms with van der Waals surface area (Å²) in [6, 6.07) is 0. The SMILES string of the molecule is CCCC(C)C1CCC(CCCOC(=O)/C=C/C(=O)O)CC1. The van der Waals surface area contributed by atoms with E-state index in [0.29, 0.717) is 6.61 Å². The first-order valence-corrected chi connectivity index (χ1v) is 8.60. The molecule has 0 aromatic heterocycles. The lowest BCUT2D eigenvalue weighted by Crippen LogP contribution is -2.20. The molecule has 1 unspecified atom stereocenters. The van der Waals surface area contributed by atoms with Crippen molar-refractivity contribution in [1.29, 1.82) is 0 Å². The molecule has 126 valence electrons. The summed E-state index contributed by atoms with van der Waals surface area (Å²) < 4.78 is 4.99. The van der Waals surface area contributed by atoms with Gasteiger partial charge in [0.05, 0.1) is 6.61 Å². The maximum absolute atomic E-state index is 11.2. The number of rotatable bonds is 9. The zero-order valence-corrected chi connectivity index (χ0v) is 13.9. The number of carbonyl (C=O) groups is 2. The maximum atomic E-state index is 11.2. The molecule has 0 spiro atoms. The molecular weight excluding hydrogens is 280 g/mol. The van der Waals surface area contributed by atoms with Gasteiger partial charge in [0.2, 0.25) is 0 Å². The number of ether oxygens (including phenoxy) is 1. The third-order valence-corrected chi connectivity index (χ3v) is 4.80. The second-order valence-electron chi connectivity index (χ2n) is 6.53. The summed E-state index contributed by atoms with van der Waals surface area (Å²) in [4.78, 5) is 21.5. The van der Waals surface area contributed by atoms with Crippen LogP contribution in [0.1, 0.15) is 65.2 Å². The molecule has 0 amide bonds. The Morgan fingerprint density at radius 2 is 1.91 bits per heavy atom. The van der Waals surface area contributed by atoms with Crippen LogP contribution >= 0.6 is 0 Å². The molecule has 0 radical (unpaired) electrons. The number of hydrogen-bond donors (Lipinski definition) is 1. The Kier molecular flexibility index (Phi) is 8.86. The minimum atomic E-state index is -1.13. The molecule has 1 aliphatic carbocycles. The van der Waals surface area contributed by atoms with Gasteiger partial charge in [-0.05, 0) is 43.4 Å². The van der Waals surface area contributed by atoms with Crippen LogP contribution in [0.15, 0.2) is 12.2 Å². The predicted molar refractivity (Wildman–Crippen MR) is 86.5 cm³/mol. The van der Waals surface area contributed by atoms with Gasteiger partial charge in [-0.3, -0.25) is 0 Å². The fraction of sp³-hybridized carbons (Fsp3) is 0.778. The molecule has 1 atom stereocenters. The molecule has 1 fully saturated rings. The van der Waals surface area contributed by atoms with Crippen LogP contribution in [0.3, 0.4) is 0 Å². The topological polar surface area (TPSA) is 63.6 Å². The maximum Gasteiger partial charge on any atom is 0.331 e. The molecule has 22 heavy (non-hydrogen) atoms. The van der Waals surface area contributed by atoms with E-state index in [9.17, 15) is 9.59 Å². The Morgan fingerprint density at radius 3 is 2.50 bits per heavy atom. The van der Waals surface area contributed by atoms with Gasteiger partial charge in [0.1, 0.15) is 0 Å². The molecule has 0 aliphatic heterocycles. The largest absolute Gasteiger partial charge is 0.478 e. The number of carboxylic acids is 1. The lowest BCUT2D eigenvalue weighted by molar-refractivity contribution is -0.138. The molecule has 4 nitrogen and oxygen atoms in total. The molecule has 0 aromatic rings. The van der Waals surface area contributed by atoms with Gasteiger partial charge in [0, 0.05) is 12.2 Å². The molecule has 1 saturated carbocycles. The van der Waals surface area contributed by atoms with E-state index in [-0.39, 0.29) is 0 Å². The first-order chi connectivity index (χ1) is 10.5. The van der Waals surface area contributed by atoms with E-state index in [1.807, 2.05) is 0 Å². The minimum absolute atomic E-state index is 0.384. The van der Waals surface area contributed by atoms with E-state index in [2.05, 4.69) is 13.8 Å². The summed E-state index contributed by atoms with van der Waals surface area (Å²) in [7, 11) is 0. The van der Waals surface area contributed by atoms with Crippen molar-refractivity contribution in [2.24, 2.45) is 17.8 Å². The number of carbonyl (C=O) groups excluding carboxylic acids is 1. The summed E-state index contributed by atoms with van der Waals surface area (Å²) in [6.45, 7) is 5.03. The highest BCUT2D eigenvalue weighted by Gasteiger charge is 2.24. The summed E-state index contributed by atoms with van der Waals surface area (Å²) in [5.41, 5.74) is 0. The van der Waals surface area contributed by atoms with Gasteiger partial charge in [0.15, 0.2) is 0 Å². The van der Waals surface area contributed by atoms with Crippen molar-refractivity contribution in [3.63, 3.8) is 0 Å². The van der Waals surface area contributed by atoms with Crippen molar-refractivity contribution in [2.45, 2.75) is 65.2 Å². The van der Waals surface area contributed by atoms with Gasteiger partial charge in [-0.1, -0.05) is 39.5 Å². The predicted octanol–water partition coefficient (Wildman–Crippen LogP) is 4.19. The Balaban J connectivity index is 2.10.